The minimum atomic E-state index is -0.818. The van der Waals surface area contributed by atoms with Crippen molar-refractivity contribution in [2.75, 3.05) is 26.8 Å². The summed E-state index contributed by atoms with van der Waals surface area (Å²) in [5, 5.41) is 8.71. The highest BCUT2D eigenvalue weighted by molar-refractivity contribution is 5.69. The predicted octanol–water partition coefficient (Wildman–Crippen LogP) is 0.984. The zero-order chi connectivity index (χ0) is 11.0. The normalized spacial score (nSPS) is 12.8. The fourth-order valence-electron chi connectivity index (χ4n) is 1.36. The van der Waals surface area contributed by atoms with E-state index in [1.165, 1.54) is 0 Å². The lowest BCUT2D eigenvalue weighted by atomic mass is 10.2. The quantitative estimate of drug-likeness (QED) is 0.595. The lowest BCUT2D eigenvalue weighted by molar-refractivity contribution is -0.139. The first-order valence-corrected chi connectivity index (χ1v) is 4.71. The molecule has 0 aromatic heterocycles. The predicted molar refractivity (Wildman–Crippen MR) is 55.4 cm³/mol. The third kappa shape index (κ3) is 4.99. The van der Waals surface area contributed by atoms with Crippen molar-refractivity contribution < 1.29 is 14.6 Å². The van der Waals surface area contributed by atoms with Crippen LogP contribution in [-0.2, 0) is 9.53 Å². The van der Waals surface area contributed by atoms with E-state index in [1.54, 1.807) is 13.2 Å². The molecule has 0 aromatic carbocycles. The summed E-state index contributed by atoms with van der Waals surface area (Å²) in [6.07, 6.45) is 2.58. The van der Waals surface area contributed by atoms with E-state index in [0.717, 1.165) is 6.42 Å². The van der Waals surface area contributed by atoms with E-state index in [4.69, 9.17) is 9.84 Å². The van der Waals surface area contributed by atoms with Crippen LogP contribution >= 0.6 is 0 Å². The van der Waals surface area contributed by atoms with Crippen molar-refractivity contribution in [2.45, 2.75) is 19.4 Å². The largest absolute Gasteiger partial charge is 0.480 e. The summed E-state index contributed by atoms with van der Waals surface area (Å²) in [6, 6.07) is 0.147. The third-order valence-corrected chi connectivity index (χ3v) is 2.05. The molecule has 0 amide bonds. The number of nitrogens with zero attached hydrogens (tertiary/aromatic N) is 1. The monoisotopic (exact) mass is 201 g/mol. The Balaban J connectivity index is 4.25. The molecule has 0 fully saturated rings. The average molecular weight is 201 g/mol. The molecule has 82 valence electrons. The Hall–Kier alpha value is -0.870. The molecule has 0 aliphatic rings. The van der Waals surface area contributed by atoms with Crippen molar-refractivity contribution in [3.63, 3.8) is 0 Å². The van der Waals surface area contributed by atoms with Crippen molar-refractivity contribution in [3.8, 4) is 0 Å². The number of carboxylic acid groups (broad SMARTS) is 1. The molecule has 0 spiro atoms. The van der Waals surface area contributed by atoms with Crippen molar-refractivity contribution in [3.05, 3.63) is 12.7 Å². The minimum Gasteiger partial charge on any atom is -0.480 e. The molecule has 14 heavy (non-hydrogen) atoms. The van der Waals surface area contributed by atoms with Gasteiger partial charge in [0.1, 0.15) is 0 Å². The summed E-state index contributed by atoms with van der Waals surface area (Å²) in [5.41, 5.74) is 0. The number of carbonyl (C=O) groups is 1. The highest BCUT2D eigenvalue weighted by Gasteiger charge is 2.17. The molecular formula is C10H19NO3. The number of carboxylic acids is 1. The summed E-state index contributed by atoms with van der Waals surface area (Å²) in [4.78, 5) is 12.4. The summed E-state index contributed by atoms with van der Waals surface area (Å²) in [7, 11) is 1.62. The van der Waals surface area contributed by atoms with Crippen molar-refractivity contribution >= 4 is 5.97 Å². The van der Waals surface area contributed by atoms with Crippen LogP contribution in [0.5, 0.6) is 0 Å². The molecule has 0 rings (SSSR count). The second kappa shape index (κ2) is 7.53. The van der Waals surface area contributed by atoms with Gasteiger partial charge in [0.15, 0.2) is 0 Å². The van der Waals surface area contributed by atoms with Crippen molar-refractivity contribution in [1.82, 2.24) is 4.90 Å². The Morgan fingerprint density at radius 2 is 2.36 bits per heavy atom. The maximum Gasteiger partial charge on any atom is 0.317 e. The lowest BCUT2D eigenvalue weighted by Crippen LogP contribution is -2.41. The highest BCUT2D eigenvalue weighted by Crippen LogP contribution is 2.04. The fourth-order valence-corrected chi connectivity index (χ4v) is 1.36. The molecular weight excluding hydrogens is 182 g/mol. The van der Waals surface area contributed by atoms with Gasteiger partial charge < -0.3 is 9.84 Å². The smallest absolute Gasteiger partial charge is 0.317 e. The Morgan fingerprint density at radius 1 is 1.71 bits per heavy atom. The Bertz CT molecular complexity index is 182. The van der Waals surface area contributed by atoms with E-state index >= 15 is 0 Å². The van der Waals surface area contributed by atoms with Crippen LogP contribution in [0.4, 0.5) is 0 Å². The van der Waals surface area contributed by atoms with Crippen molar-refractivity contribution in [1.29, 1.82) is 0 Å². The van der Waals surface area contributed by atoms with Crippen LogP contribution in [0.25, 0.3) is 0 Å². The number of rotatable bonds is 8. The zero-order valence-corrected chi connectivity index (χ0v) is 8.90. The van der Waals surface area contributed by atoms with Gasteiger partial charge in [0, 0.05) is 19.7 Å². The second-order valence-electron chi connectivity index (χ2n) is 3.13. The molecule has 0 heterocycles. The molecule has 0 aliphatic heterocycles. The van der Waals surface area contributed by atoms with Gasteiger partial charge in [0.25, 0.3) is 0 Å². The van der Waals surface area contributed by atoms with Crippen LogP contribution in [0.1, 0.15) is 13.3 Å². The van der Waals surface area contributed by atoms with Gasteiger partial charge in [-0.25, -0.2) is 0 Å². The van der Waals surface area contributed by atoms with Crippen molar-refractivity contribution in [2.24, 2.45) is 0 Å². The van der Waals surface area contributed by atoms with Crippen LogP contribution in [0.3, 0.4) is 0 Å². The van der Waals surface area contributed by atoms with E-state index in [2.05, 4.69) is 6.58 Å². The van der Waals surface area contributed by atoms with Gasteiger partial charge in [-0.1, -0.05) is 13.0 Å². The molecule has 4 heteroatoms. The van der Waals surface area contributed by atoms with E-state index in [1.807, 2.05) is 11.8 Å². The Labute approximate surface area is 85.2 Å². The molecule has 0 saturated carbocycles. The van der Waals surface area contributed by atoms with Gasteiger partial charge in [-0.05, 0) is 6.42 Å². The number of aliphatic carboxylic acids is 1. The van der Waals surface area contributed by atoms with Gasteiger partial charge >= 0.3 is 5.97 Å². The van der Waals surface area contributed by atoms with Gasteiger partial charge in [-0.2, -0.15) is 0 Å². The Kier molecular flexibility index (Phi) is 7.06. The first-order valence-electron chi connectivity index (χ1n) is 4.71. The van der Waals surface area contributed by atoms with Gasteiger partial charge in [0.05, 0.1) is 13.2 Å². The van der Waals surface area contributed by atoms with Crippen LogP contribution < -0.4 is 0 Å². The van der Waals surface area contributed by atoms with Gasteiger partial charge in [-0.3, -0.25) is 9.69 Å². The molecule has 1 atom stereocenters. The number of hydrogen-bond donors (Lipinski definition) is 1. The third-order valence-electron chi connectivity index (χ3n) is 2.05. The van der Waals surface area contributed by atoms with Crippen LogP contribution in [0, 0.1) is 0 Å². The molecule has 0 bridgehead atoms. The van der Waals surface area contributed by atoms with E-state index in [9.17, 15) is 4.79 Å². The standard InChI is InChI=1S/C10H19NO3/c1-4-6-11(7-10(12)13)9(5-2)8-14-3/h4,9H,1,5-8H2,2-3H3,(H,12,13). The fraction of sp³-hybridized carbons (Fsp3) is 0.700. The first kappa shape index (κ1) is 13.1. The molecule has 0 saturated heterocycles. The van der Waals surface area contributed by atoms with Crippen LogP contribution in [-0.4, -0.2) is 48.8 Å². The summed E-state index contributed by atoms with van der Waals surface area (Å²) < 4.78 is 5.03. The van der Waals surface area contributed by atoms with Crippen LogP contribution in [0.15, 0.2) is 12.7 Å². The minimum absolute atomic E-state index is 0.0356. The second-order valence-corrected chi connectivity index (χ2v) is 3.13. The maximum absolute atomic E-state index is 10.6. The topological polar surface area (TPSA) is 49.8 Å². The molecule has 0 radical (unpaired) electrons. The lowest BCUT2D eigenvalue weighted by Gasteiger charge is -2.27. The SMILES string of the molecule is C=CCN(CC(=O)O)C(CC)COC. The summed E-state index contributed by atoms with van der Waals surface area (Å²) in [6.45, 7) is 6.79. The summed E-state index contributed by atoms with van der Waals surface area (Å²) in [5.74, 6) is -0.818. The highest BCUT2D eigenvalue weighted by atomic mass is 16.5. The zero-order valence-electron chi connectivity index (χ0n) is 8.90. The summed E-state index contributed by atoms with van der Waals surface area (Å²) >= 11 is 0. The Morgan fingerprint density at radius 3 is 2.71 bits per heavy atom. The number of methoxy groups -OCH3 is 1. The molecule has 0 aromatic rings. The van der Waals surface area contributed by atoms with Gasteiger partial charge in [-0.15, -0.1) is 6.58 Å². The first-order chi connectivity index (χ1) is 6.65. The van der Waals surface area contributed by atoms with Crippen LogP contribution in [0.2, 0.25) is 0 Å². The van der Waals surface area contributed by atoms with E-state index in [0.29, 0.717) is 13.2 Å². The van der Waals surface area contributed by atoms with E-state index < -0.39 is 5.97 Å². The number of ether oxygens (including phenoxy) is 1. The van der Waals surface area contributed by atoms with Gasteiger partial charge in [0.2, 0.25) is 0 Å². The molecule has 4 nitrogen and oxygen atoms in total. The average Bonchev–Trinajstić information content (AvgIpc) is 2.13. The molecule has 0 aliphatic carbocycles. The van der Waals surface area contributed by atoms with E-state index in [-0.39, 0.29) is 12.6 Å². The number of hydrogen-bond acceptors (Lipinski definition) is 3. The molecule has 1 unspecified atom stereocenters. The molecule has 1 N–H and O–H groups in total. The maximum atomic E-state index is 10.6.